The number of thiophene rings is 1. The molecule has 1 fully saturated rings. The third kappa shape index (κ3) is 3.01. The summed E-state index contributed by atoms with van der Waals surface area (Å²) in [6, 6.07) is 3.82. The third-order valence-corrected chi connectivity index (χ3v) is 3.88. The molecule has 1 saturated heterocycles. The van der Waals surface area contributed by atoms with Crippen molar-refractivity contribution in [3.8, 4) is 0 Å². The number of hydrogen-bond donors (Lipinski definition) is 1. The predicted octanol–water partition coefficient (Wildman–Crippen LogP) is 1.71. The van der Waals surface area contributed by atoms with Crippen LogP contribution in [0, 0.1) is 0 Å². The van der Waals surface area contributed by atoms with Crippen LogP contribution in [0.25, 0.3) is 0 Å². The van der Waals surface area contributed by atoms with E-state index in [9.17, 15) is 9.59 Å². The van der Waals surface area contributed by atoms with Crippen LogP contribution in [-0.4, -0.2) is 43.1 Å². The van der Waals surface area contributed by atoms with E-state index in [1.807, 2.05) is 22.4 Å². The zero-order chi connectivity index (χ0) is 13.0. The van der Waals surface area contributed by atoms with Crippen molar-refractivity contribution < 1.29 is 14.3 Å². The van der Waals surface area contributed by atoms with Gasteiger partial charge >= 0.3 is 6.09 Å². The van der Waals surface area contributed by atoms with Gasteiger partial charge in [-0.25, -0.2) is 4.79 Å². The standard InChI is InChI=1S/C12H16N2O3S/c1-17-12(16)13-9-4-6-14(7-5-9)11(15)10-3-2-8-18-10/h2-3,8-9H,4-7H2,1H3,(H,13,16). The van der Waals surface area contributed by atoms with Crippen molar-refractivity contribution in [2.75, 3.05) is 20.2 Å². The number of rotatable bonds is 2. The Morgan fingerprint density at radius 1 is 1.44 bits per heavy atom. The summed E-state index contributed by atoms with van der Waals surface area (Å²) in [5.41, 5.74) is 0. The van der Waals surface area contributed by atoms with Crippen LogP contribution in [0.2, 0.25) is 0 Å². The summed E-state index contributed by atoms with van der Waals surface area (Å²) in [4.78, 5) is 25.7. The van der Waals surface area contributed by atoms with Gasteiger partial charge in [-0.3, -0.25) is 4.79 Å². The molecule has 1 aromatic heterocycles. The fourth-order valence-corrected chi connectivity index (χ4v) is 2.70. The minimum Gasteiger partial charge on any atom is -0.453 e. The number of carbonyl (C=O) groups excluding carboxylic acids is 2. The summed E-state index contributed by atoms with van der Waals surface area (Å²) < 4.78 is 4.56. The molecule has 2 rings (SSSR count). The third-order valence-electron chi connectivity index (χ3n) is 3.02. The number of nitrogens with zero attached hydrogens (tertiary/aromatic N) is 1. The predicted molar refractivity (Wildman–Crippen MR) is 68.8 cm³/mol. The quantitative estimate of drug-likeness (QED) is 0.888. The molecule has 98 valence electrons. The molecule has 0 bridgehead atoms. The van der Waals surface area contributed by atoms with Crippen molar-refractivity contribution in [2.45, 2.75) is 18.9 Å². The molecule has 0 radical (unpaired) electrons. The zero-order valence-electron chi connectivity index (χ0n) is 10.2. The number of likely N-dealkylation sites (tertiary alicyclic amines) is 1. The molecule has 0 spiro atoms. The van der Waals surface area contributed by atoms with Crippen molar-refractivity contribution in [3.05, 3.63) is 22.4 Å². The van der Waals surface area contributed by atoms with E-state index in [4.69, 9.17) is 0 Å². The van der Waals surface area contributed by atoms with Crippen molar-refractivity contribution in [1.29, 1.82) is 0 Å². The number of amides is 2. The smallest absolute Gasteiger partial charge is 0.407 e. The Hall–Kier alpha value is -1.56. The minimum atomic E-state index is -0.405. The summed E-state index contributed by atoms with van der Waals surface area (Å²) in [6.45, 7) is 1.34. The maximum absolute atomic E-state index is 12.1. The lowest BCUT2D eigenvalue weighted by atomic mass is 10.1. The van der Waals surface area contributed by atoms with Crippen LogP contribution in [0.5, 0.6) is 0 Å². The van der Waals surface area contributed by atoms with Gasteiger partial charge in [-0.1, -0.05) is 6.07 Å². The molecule has 18 heavy (non-hydrogen) atoms. The largest absolute Gasteiger partial charge is 0.453 e. The molecule has 2 amide bonds. The van der Waals surface area contributed by atoms with Gasteiger partial charge < -0.3 is 15.0 Å². The van der Waals surface area contributed by atoms with Gasteiger partial charge in [-0.15, -0.1) is 11.3 Å². The molecule has 1 aliphatic rings. The van der Waals surface area contributed by atoms with E-state index in [0.717, 1.165) is 17.7 Å². The zero-order valence-corrected chi connectivity index (χ0v) is 11.0. The fourth-order valence-electron chi connectivity index (χ4n) is 2.01. The Morgan fingerprint density at radius 3 is 2.72 bits per heavy atom. The molecular weight excluding hydrogens is 252 g/mol. The second kappa shape index (κ2) is 5.86. The average molecular weight is 268 g/mol. The summed E-state index contributed by atoms with van der Waals surface area (Å²) in [7, 11) is 1.35. The summed E-state index contributed by atoms with van der Waals surface area (Å²) in [5, 5.41) is 4.67. The van der Waals surface area contributed by atoms with Gasteiger partial charge in [0.15, 0.2) is 0 Å². The van der Waals surface area contributed by atoms with E-state index >= 15 is 0 Å². The van der Waals surface area contributed by atoms with Crippen LogP contribution in [0.3, 0.4) is 0 Å². The second-order valence-electron chi connectivity index (χ2n) is 4.18. The lowest BCUT2D eigenvalue weighted by Crippen LogP contribution is -2.46. The van der Waals surface area contributed by atoms with E-state index in [0.29, 0.717) is 13.1 Å². The van der Waals surface area contributed by atoms with Gasteiger partial charge in [0, 0.05) is 19.1 Å². The van der Waals surface area contributed by atoms with Gasteiger partial charge in [0.1, 0.15) is 0 Å². The molecular formula is C12H16N2O3S. The normalized spacial score (nSPS) is 16.4. The molecule has 0 atom stereocenters. The van der Waals surface area contributed by atoms with E-state index in [1.54, 1.807) is 0 Å². The number of piperidine rings is 1. The monoisotopic (exact) mass is 268 g/mol. The maximum atomic E-state index is 12.1. The number of carbonyl (C=O) groups is 2. The number of nitrogens with one attached hydrogen (secondary N) is 1. The first kappa shape index (κ1) is 12.9. The second-order valence-corrected chi connectivity index (χ2v) is 5.13. The molecule has 1 aliphatic heterocycles. The average Bonchev–Trinajstić information content (AvgIpc) is 2.92. The van der Waals surface area contributed by atoms with Gasteiger partial charge in [-0.2, -0.15) is 0 Å². The van der Waals surface area contributed by atoms with Gasteiger partial charge in [0.25, 0.3) is 5.91 Å². The summed E-state index contributed by atoms with van der Waals surface area (Å²) in [6.07, 6.45) is 1.14. The minimum absolute atomic E-state index is 0.0847. The van der Waals surface area contributed by atoms with E-state index in [2.05, 4.69) is 10.1 Å². The molecule has 2 heterocycles. The number of alkyl carbamates (subject to hydrolysis) is 1. The first-order chi connectivity index (χ1) is 8.70. The first-order valence-corrected chi connectivity index (χ1v) is 6.76. The number of ether oxygens (including phenoxy) is 1. The van der Waals surface area contributed by atoms with Gasteiger partial charge in [0.2, 0.25) is 0 Å². The van der Waals surface area contributed by atoms with Crippen LogP contribution in [0.4, 0.5) is 4.79 Å². The molecule has 1 N–H and O–H groups in total. The van der Waals surface area contributed by atoms with E-state index in [-0.39, 0.29) is 11.9 Å². The van der Waals surface area contributed by atoms with Crippen LogP contribution in [-0.2, 0) is 4.74 Å². The summed E-state index contributed by atoms with van der Waals surface area (Å²) >= 11 is 1.46. The number of hydrogen-bond acceptors (Lipinski definition) is 4. The SMILES string of the molecule is COC(=O)NC1CCN(C(=O)c2cccs2)CC1. The highest BCUT2D eigenvalue weighted by Gasteiger charge is 2.24. The number of methoxy groups -OCH3 is 1. The molecule has 0 aliphatic carbocycles. The van der Waals surface area contributed by atoms with Crippen LogP contribution in [0.1, 0.15) is 22.5 Å². The Bertz CT molecular complexity index is 411. The molecule has 6 heteroatoms. The Labute approximate surface area is 110 Å². The van der Waals surface area contributed by atoms with E-state index < -0.39 is 6.09 Å². The molecule has 1 aromatic rings. The van der Waals surface area contributed by atoms with Gasteiger partial charge in [0.05, 0.1) is 12.0 Å². The van der Waals surface area contributed by atoms with E-state index in [1.165, 1.54) is 18.4 Å². The van der Waals surface area contributed by atoms with Gasteiger partial charge in [-0.05, 0) is 24.3 Å². The Balaban J connectivity index is 1.83. The Morgan fingerprint density at radius 2 is 2.17 bits per heavy atom. The molecule has 0 aromatic carbocycles. The van der Waals surface area contributed by atoms with Crippen molar-refractivity contribution in [1.82, 2.24) is 10.2 Å². The van der Waals surface area contributed by atoms with Crippen molar-refractivity contribution in [2.24, 2.45) is 0 Å². The maximum Gasteiger partial charge on any atom is 0.407 e. The molecule has 0 saturated carbocycles. The van der Waals surface area contributed by atoms with Crippen LogP contribution < -0.4 is 5.32 Å². The van der Waals surface area contributed by atoms with Crippen LogP contribution >= 0.6 is 11.3 Å². The fraction of sp³-hybridized carbons (Fsp3) is 0.500. The van der Waals surface area contributed by atoms with Crippen molar-refractivity contribution >= 4 is 23.3 Å². The lowest BCUT2D eigenvalue weighted by molar-refractivity contribution is 0.0709. The Kier molecular flexibility index (Phi) is 4.19. The molecule has 5 nitrogen and oxygen atoms in total. The highest BCUT2D eigenvalue weighted by atomic mass is 32.1. The van der Waals surface area contributed by atoms with Crippen LogP contribution in [0.15, 0.2) is 17.5 Å². The highest BCUT2D eigenvalue weighted by Crippen LogP contribution is 2.17. The van der Waals surface area contributed by atoms with Crippen molar-refractivity contribution in [3.63, 3.8) is 0 Å². The highest BCUT2D eigenvalue weighted by molar-refractivity contribution is 7.12. The topological polar surface area (TPSA) is 58.6 Å². The summed E-state index contributed by atoms with van der Waals surface area (Å²) in [5.74, 6) is 0.0847. The molecule has 0 unspecified atom stereocenters. The first-order valence-electron chi connectivity index (χ1n) is 5.88. The lowest BCUT2D eigenvalue weighted by Gasteiger charge is -2.31.